The molecule has 36 heavy (non-hydrogen) atoms. The Morgan fingerprint density at radius 2 is 1.97 bits per heavy atom. The summed E-state index contributed by atoms with van der Waals surface area (Å²) in [6, 6.07) is 6.69. The summed E-state index contributed by atoms with van der Waals surface area (Å²) in [7, 11) is 2.07. The van der Waals surface area contributed by atoms with Crippen LogP contribution in [0.4, 0.5) is 4.39 Å². The fourth-order valence-electron chi connectivity index (χ4n) is 4.52. The summed E-state index contributed by atoms with van der Waals surface area (Å²) >= 11 is 0. The minimum atomic E-state index is -0.728. The van der Waals surface area contributed by atoms with Gasteiger partial charge in [-0.1, -0.05) is 6.07 Å². The molecule has 1 saturated heterocycles. The highest BCUT2D eigenvalue weighted by Crippen LogP contribution is 2.24. The number of carbonyl (C=O) groups excluding carboxylic acids is 3. The molecular weight excluding hydrogens is 467 g/mol. The molecule has 5 rings (SSSR count). The van der Waals surface area contributed by atoms with Gasteiger partial charge in [-0.15, -0.1) is 0 Å². The number of halogens is 1. The first-order chi connectivity index (χ1) is 17.4. The summed E-state index contributed by atoms with van der Waals surface area (Å²) in [5.41, 5.74) is 1.28. The molecule has 11 heteroatoms. The Balaban J connectivity index is 1.30. The first-order valence-corrected chi connectivity index (χ1v) is 11.9. The molecule has 1 fully saturated rings. The molecule has 0 aliphatic carbocycles. The maximum Gasteiger partial charge on any atom is 0.270 e. The number of carbonyl (C=O) groups is 3. The van der Waals surface area contributed by atoms with Crippen LogP contribution in [0.1, 0.15) is 44.9 Å². The highest BCUT2D eigenvalue weighted by Gasteiger charge is 2.22. The fourth-order valence-corrected chi connectivity index (χ4v) is 4.52. The van der Waals surface area contributed by atoms with E-state index >= 15 is 0 Å². The maximum atomic E-state index is 14.3. The lowest BCUT2D eigenvalue weighted by Crippen LogP contribution is -2.37. The van der Waals surface area contributed by atoms with Gasteiger partial charge < -0.3 is 20.3 Å². The highest BCUT2D eigenvalue weighted by molar-refractivity contribution is 5.98. The quantitative estimate of drug-likeness (QED) is 0.532. The van der Waals surface area contributed by atoms with Crippen molar-refractivity contribution in [3.05, 3.63) is 58.8 Å². The largest absolute Gasteiger partial charge is 0.486 e. The average molecular weight is 495 g/mol. The minimum Gasteiger partial charge on any atom is -0.486 e. The van der Waals surface area contributed by atoms with E-state index in [1.165, 1.54) is 6.07 Å². The molecule has 1 aromatic carbocycles. The number of ether oxygens (including phenoxy) is 1. The van der Waals surface area contributed by atoms with Crippen LogP contribution in [0.3, 0.4) is 0 Å². The second kappa shape index (κ2) is 10.0. The third-order valence-electron chi connectivity index (χ3n) is 6.64. The zero-order valence-corrected chi connectivity index (χ0v) is 19.9. The van der Waals surface area contributed by atoms with Gasteiger partial charge in [0.15, 0.2) is 17.2 Å². The van der Waals surface area contributed by atoms with Crippen LogP contribution in [-0.2, 0) is 17.8 Å². The molecular formula is C25H27FN6O4. The van der Waals surface area contributed by atoms with Crippen LogP contribution in [0.25, 0.3) is 5.65 Å². The van der Waals surface area contributed by atoms with E-state index in [-0.39, 0.29) is 42.4 Å². The zero-order valence-electron chi connectivity index (χ0n) is 19.9. The fraction of sp³-hybridized carbons (Fsp3) is 0.400. The first kappa shape index (κ1) is 23.9. The second-order valence-electron chi connectivity index (χ2n) is 9.34. The smallest absolute Gasteiger partial charge is 0.270 e. The third kappa shape index (κ3) is 5.06. The Morgan fingerprint density at radius 3 is 2.78 bits per heavy atom. The van der Waals surface area contributed by atoms with Crippen LogP contribution >= 0.6 is 0 Å². The molecule has 0 bridgehead atoms. The number of hydrogen-bond acceptors (Lipinski definition) is 7. The molecule has 10 nitrogen and oxygen atoms in total. The monoisotopic (exact) mass is 494 g/mol. The second-order valence-corrected chi connectivity index (χ2v) is 9.34. The molecule has 2 aliphatic heterocycles. The Morgan fingerprint density at radius 1 is 1.17 bits per heavy atom. The van der Waals surface area contributed by atoms with Crippen molar-refractivity contribution < 1.29 is 23.5 Å². The lowest BCUT2D eigenvalue weighted by molar-refractivity contribution is -0.121. The van der Waals surface area contributed by atoms with Gasteiger partial charge in [-0.3, -0.25) is 14.4 Å². The average Bonchev–Trinajstić information content (AvgIpc) is 3.26. The number of likely N-dealkylation sites (tertiary alicyclic amines) is 1. The number of amides is 2. The van der Waals surface area contributed by atoms with E-state index in [9.17, 15) is 18.8 Å². The molecule has 2 aromatic heterocycles. The summed E-state index contributed by atoms with van der Waals surface area (Å²) in [4.78, 5) is 43.9. The molecule has 3 aromatic rings. The van der Waals surface area contributed by atoms with E-state index in [1.54, 1.807) is 12.1 Å². The molecule has 0 spiro atoms. The molecule has 0 saturated carbocycles. The lowest BCUT2D eigenvalue weighted by Gasteiger charge is -2.28. The van der Waals surface area contributed by atoms with Crippen molar-refractivity contribution >= 4 is 23.2 Å². The molecule has 2 amide bonds. The number of hydrogen-bond donors (Lipinski definition) is 2. The molecule has 0 unspecified atom stereocenters. The number of nitrogens with zero attached hydrogens (tertiary/aromatic N) is 4. The summed E-state index contributed by atoms with van der Waals surface area (Å²) in [6.45, 7) is 2.67. The van der Waals surface area contributed by atoms with Crippen molar-refractivity contribution in [3.63, 3.8) is 0 Å². The van der Waals surface area contributed by atoms with Crippen LogP contribution in [0.15, 0.2) is 30.5 Å². The molecule has 4 heterocycles. The van der Waals surface area contributed by atoms with Gasteiger partial charge in [-0.25, -0.2) is 13.9 Å². The Bertz CT molecular complexity index is 1330. The third-order valence-corrected chi connectivity index (χ3v) is 6.64. The molecule has 2 aliphatic rings. The van der Waals surface area contributed by atoms with Crippen molar-refractivity contribution in [2.75, 3.05) is 33.3 Å². The Kier molecular flexibility index (Phi) is 6.64. The number of Topliss-reactive ketones (excluding diaryl/α,β-unsaturated/α-hetero) is 1. The lowest BCUT2D eigenvalue weighted by atomic mass is 9.97. The standard InChI is InChI=1S/C25H27FN6O4/c1-31-6-4-15(5-7-31)11-28-25(35)21-10-20(30-23-19(26)13-29-32(21)23)24(34)27-12-16-2-3-22-17(8-16)9-18(33)14-36-22/h2-3,8,10,13,15H,4-7,9,11-12,14H2,1H3,(H,27,34)(H,28,35). The van der Waals surface area contributed by atoms with Gasteiger partial charge in [0, 0.05) is 31.1 Å². The highest BCUT2D eigenvalue weighted by atomic mass is 19.1. The van der Waals surface area contributed by atoms with Gasteiger partial charge in [-0.05, 0) is 56.6 Å². The van der Waals surface area contributed by atoms with Crippen LogP contribution in [0.2, 0.25) is 0 Å². The molecule has 0 atom stereocenters. The molecule has 0 radical (unpaired) electrons. The summed E-state index contributed by atoms with van der Waals surface area (Å²) in [5.74, 6) is -0.731. The zero-order chi connectivity index (χ0) is 25.2. The van der Waals surface area contributed by atoms with Crippen molar-refractivity contribution in [2.45, 2.75) is 25.8 Å². The molecule has 188 valence electrons. The topological polar surface area (TPSA) is 118 Å². The number of ketones is 1. The van der Waals surface area contributed by atoms with Crippen LogP contribution in [0, 0.1) is 11.7 Å². The first-order valence-electron chi connectivity index (χ1n) is 11.9. The van der Waals surface area contributed by atoms with Gasteiger partial charge in [-0.2, -0.15) is 5.10 Å². The Labute approximate surface area is 206 Å². The Hall–Kier alpha value is -3.86. The van der Waals surface area contributed by atoms with Gasteiger partial charge in [0.2, 0.25) is 0 Å². The van der Waals surface area contributed by atoms with Crippen molar-refractivity contribution in [1.82, 2.24) is 30.1 Å². The van der Waals surface area contributed by atoms with E-state index < -0.39 is 17.6 Å². The number of nitrogens with one attached hydrogen (secondary N) is 2. The number of rotatable bonds is 6. The van der Waals surface area contributed by atoms with Gasteiger partial charge in [0.05, 0.1) is 6.20 Å². The van der Waals surface area contributed by atoms with Crippen LogP contribution in [-0.4, -0.2) is 70.4 Å². The van der Waals surface area contributed by atoms with Crippen molar-refractivity contribution in [3.8, 4) is 5.75 Å². The van der Waals surface area contributed by atoms with E-state index in [0.29, 0.717) is 18.2 Å². The van der Waals surface area contributed by atoms with Gasteiger partial charge in [0.25, 0.3) is 11.8 Å². The number of aromatic nitrogens is 3. The van der Waals surface area contributed by atoms with Crippen LogP contribution < -0.4 is 15.4 Å². The summed E-state index contributed by atoms with van der Waals surface area (Å²) in [6.07, 6.45) is 3.21. The SMILES string of the molecule is CN1CCC(CNC(=O)c2cc(C(=O)NCc3ccc4c(c3)CC(=O)CO4)nc3c(F)cnn23)CC1. The van der Waals surface area contributed by atoms with E-state index in [4.69, 9.17) is 4.74 Å². The summed E-state index contributed by atoms with van der Waals surface area (Å²) in [5, 5.41) is 9.58. The van der Waals surface area contributed by atoms with Gasteiger partial charge in [0.1, 0.15) is 23.7 Å². The number of fused-ring (bicyclic) bond motifs is 2. The van der Waals surface area contributed by atoms with Crippen molar-refractivity contribution in [2.24, 2.45) is 5.92 Å². The van der Waals surface area contributed by atoms with Gasteiger partial charge >= 0.3 is 0 Å². The number of benzene rings is 1. The van der Waals surface area contributed by atoms with E-state index in [2.05, 4.69) is 32.7 Å². The maximum absolute atomic E-state index is 14.3. The predicted octanol–water partition coefficient (Wildman–Crippen LogP) is 1.37. The summed E-state index contributed by atoms with van der Waals surface area (Å²) < 4.78 is 20.8. The molecule has 2 N–H and O–H groups in total. The van der Waals surface area contributed by atoms with Crippen molar-refractivity contribution in [1.29, 1.82) is 0 Å². The van der Waals surface area contributed by atoms with Crippen LogP contribution in [0.5, 0.6) is 5.75 Å². The minimum absolute atomic E-state index is 0.00866. The number of piperidine rings is 1. The van der Waals surface area contributed by atoms with E-state index in [1.807, 2.05) is 6.07 Å². The van der Waals surface area contributed by atoms with E-state index in [0.717, 1.165) is 47.8 Å². The predicted molar refractivity (Wildman–Crippen MR) is 127 cm³/mol. The normalized spacial score (nSPS) is 16.4.